The zero-order chi connectivity index (χ0) is 16.0. The van der Waals surface area contributed by atoms with Crippen LogP contribution in [0.2, 0.25) is 10.0 Å². The molecule has 0 aliphatic heterocycles. The molecule has 21 heavy (non-hydrogen) atoms. The lowest BCUT2D eigenvalue weighted by atomic mass is 10.3. The van der Waals surface area contributed by atoms with E-state index in [1.807, 2.05) is 0 Å². The molecule has 1 rings (SSSR count). The summed E-state index contributed by atoms with van der Waals surface area (Å²) < 4.78 is 4.91. The van der Waals surface area contributed by atoms with Crippen molar-refractivity contribution in [2.24, 2.45) is 0 Å². The number of carbonyl (C=O) groups excluding carboxylic acids is 2. The number of ether oxygens (including phenoxy) is 1. The van der Waals surface area contributed by atoms with Gasteiger partial charge in [-0.05, 0) is 33.0 Å². The zero-order valence-corrected chi connectivity index (χ0v) is 13.7. The SMILES string of the molecule is CCOC(=O)[C@H](C)N(C)CC(=O)Nc1c(Cl)cccc1Cl. The Kier molecular flexibility index (Phi) is 6.95. The summed E-state index contributed by atoms with van der Waals surface area (Å²) in [4.78, 5) is 25.2. The molecule has 7 heteroatoms. The van der Waals surface area contributed by atoms with E-state index >= 15 is 0 Å². The number of carbonyl (C=O) groups is 2. The Morgan fingerprint density at radius 1 is 1.33 bits per heavy atom. The van der Waals surface area contributed by atoms with Gasteiger partial charge in [0, 0.05) is 0 Å². The predicted molar refractivity (Wildman–Crippen MR) is 83.8 cm³/mol. The van der Waals surface area contributed by atoms with Crippen LogP contribution < -0.4 is 5.32 Å². The summed E-state index contributed by atoms with van der Waals surface area (Å²) in [5.41, 5.74) is 0.364. The molecule has 0 unspecified atom stereocenters. The number of amides is 1. The second-order valence-corrected chi connectivity index (χ2v) is 5.30. The van der Waals surface area contributed by atoms with Gasteiger partial charge in [-0.1, -0.05) is 29.3 Å². The van der Waals surface area contributed by atoms with Gasteiger partial charge in [0.05, 0.1) is 28.9 Å². The average molecular weight is 333 g/mol. The molecule has 0 bridgehead atoms. The maximum Gasteiger partial charge on any atom is 0.323 e. The number of halogens is 2. The molecule has 116 valence electrons. The molecule has 0 aromatic heterocycles. The lowest BCUT2D eigenvalue weighted by Crippen LogP contribution is -2.41. The standard InChI is InChI=1S/C14H18Cl2N2O3/c1-4-21-14(20)9(2)18(3)8-12(19)17-13-10(15)6-5-7-11(13)16/h5-7,9H,4,8H2,1-3H3,(H,17,19)/t9-/m0/s1. The first kappa shape index (κ1) is 17.8. The van der Waals surface area contributed by atoms with Gasteiger partial charge in [0.2, 0.25) is 5.91 Å². The Hall–Kier alpha value is -1.30. The quantitative estimate of drug-likeness (QED) is 0.814. The summed E-state index contributed by atoms with van der Waals surface area (Å²) >= 11 is 12.0. The number of hydrogen-bond donors (Lipinski definition) is 1. The molecule has 1 amide bonds. The minimum atomic E-state index is -0.516. The topological polar surface area (TPSA) is 58.6 Å². The van der Waals surface area contributed by atoms with Crippen molar-refractivity contribution in [1.82, 2.24) is 4.90 Å². The molecular weight excluding hydrogens is 315 g/mol. The maximum atomic E-state index is 12.0. The van der Waals surface area contributed by atoms with Crippen LogP contribution in [0.1, 0.15) is 13.8 Å². The third-order valence-electron chi connectivity index (χ3n) is 2.91. The van der Waals surface area contributed by atoms with Gasteiger partial charge in [-0.2, -0.15) is 0 Å². The van der Waals surface area contributed by atoms with E-state index in [9.17, 15) is 9.59 Å². The lowest BCUT2D eigenvalue weighted by Gasteiger charge is -2.22. The third kappa shape index (κ3) is 5.19. The first-order chi connectivity index (χ1) is 9.86. The van der Waals surface area contributed by atoms with Crippen molar-refractivity contribution in [3.05, 3.63) is 28.2 Å². The Bertz CT molecular complexity index is 503. The Morgan fingerprint density at radius 2 is 1.90 bits per heavy atom. The first-order valence-electron chi connectivity index (χ1n) is 6.47. The van der Waals surface area contributed by atoms with Crippen molar-refractivity contribution in [3.63, 3.8) is 0 Å². The van der Waals surface area contributed by atoms with Gasteiger partial charge in [-0.3, -0.25) is 14.5 Å². The minimum absolute atomic E-state index is 0.0154. The van der Waals surface area contributed by atoms with Gasteiger partial charge in [0.15, 0.2) is 0 Å². The van der Waals surface area contributed by atoms with E-state index in [0.29, 0.717) is 22.3 Å². The summed E-state index contributed by atoms with van der Waals surface area (Å²) in [5.74, 6) is -0.688. The van der Waals surface area contributed by atoms with Crippen molar-refractivity contribution in [2.75, 3.05) is 25.5 Å². The highest BCUT2D eigenvalue weighted by Crippen LogP contribution is 2.29. The molecule has 5 nitrogen and oxygen atoms in total. The van der Waals surface area contributed by atoms with Crippen LogP contribution in [0.5, 0.6) is 0 Å². The molecule has 0 spiro atoms. The van der Waals surface area contributed by atoms with Crippen molar-refractivity contribution < 1.29 is 14.3 Å². The fourth-order valence-corrected chi connectivity index (χ4v) is 2.09. The molecule has 0 saturated carbocycles. The number of nitrogens with one attached hydrogen (secondary N) is 1. The summed E-state index contributed by atoms with van der Waals surface area (Å²) in [6.45, 7) is 3.73. The van der Waals surface area contributed by atoms with Crippen molar-refractivity contribution in [1.29, 1.82) is 0 Å². The van der Waals surface area contributed by atoms with E-state index in [4.69, 9.17) is 27.9 Å². The Labute approximate surface area is 134 Å². The summed E-state index contributed by atoms with van der Waals surface area (Å²) in [6.07, 6.45) is 0. The molecule has 0 heterocycles. The van der Waals surface area contributed by atoms with E-state index < -0.39 is 6.04 Å². The fraction of sp³-hybridized carbons (Fsp3) is 0.429. The van der Waals surface area contributed by atoms with Crippen LogP contribution >= 0.6 is 23.2 Å². The van der Waals surface area contributed by atoms with Crippen LogP contribution in [-0.2, 0) is 14.3 Å². The Balaban J connectivity index is 2.63. The first-order valence-corrected chi connectivity index (χ1v) is 7.23. The highest BCUT2D eigenvalue weighted by atomic mass is 35.5. The monoisotopic (exact) mass is 332 g/mol. The van der Waals surface area contributed by atoms with E-state index in [2.05, 4.69) is 5.32 Å². The number of nitrogens with zero attached hydrogens (tertiary/aromatic N) is 1. The molecular formula is C14H18Cl2N2O3. The van der Waals surface area contributed by atoms with Crippen LogP contribution in [0.3, 0.4) is 0 Å². The molecule has 0 radical (unpaired) electrons. The number of benzene rings is 1. The van der Waals surface area contributed by atoms with Gasteiger partial charge < -0.3 is 10.1 Å². The second kappa shape index (κ2) is 8.22. The fourth-order valence-electron chi connectivity index (χ4n) is 1.60. The lowest BCUT2D eigenvalue weighted by molar-refractivity contribution is -0.148. The van der Waals surface area contributed by atoms with Crippen LogP contribution in [-0.4, -0.2) is 43.0 Å². The number of rotatable bonds is 6. The number of hydrogen-bond acceptors (Lipinski definition) is 4. The minimum Gasteiger partial charge on any atom is -0.465 e. The van der Waals surface area contributed by atoms with Crippen LogP contribution in [0.4, 0.5) is 5.69 Å². The van der Waals surface area contributed by atoms with Gasteiger partial charge >= 0.3 is 5.97 Å². The highest BCUT2D eigenvalue weighted by molar-refractivity contribution is 6.39. The van der Waals surface area contributed by atoms with Gasteiger partial charge in [0.1, 0.15) is 6.04 Å². The van der Waals surface area contributed by atoms with E-state index in [-0.39, 0.29) is 18.4 Å². The summed E-state index contributed by atoms with van der Waals surface area (Å²) in [5, 5.41) is 3.36. The van der Waals surface area contributed by atoms with Crippen molar-refractivity contribution >= 4 is 40.8 Å². The van der Waals surface area contributed by atoms with Crippen LogP contribution in [0, 0.1) is 0 Å². The van der Waals surface area contributed by atoms with E-state index in [0.717, 1.165) is 0 Å². The number of para-hydroxylation sites is 1. The summed E-state index contributed by atoms with van der Waals surface area (Å²) in [6, 6.07) is 4.44. The average Bonchev–Trinajstić information content (AvgIpc) is 2.42. The number of esters is 1. The van der Waals surface area contributed by atoms with Gasteiger partial charge in [-0.25, -0.2) is 0 Å². The largest absolute Gasteiger partial charge is 0.465 e. The number of likely N-dealkylation sites (N-methyl/N-ethyl adjacent to an activating group) is 1. The highest BCUT2D eigenvalue weighted by Gasteiger charge is 2.21. The van der Waals surface area contributed by atoms with E-state index in [1.54, 1.807) is 44.0 Å². The molecule has 1 aromatic carbocycles. The van der Waals surface area contributed by atoms with Crippen molar-refractivity contribution in [3.8, 4) is 0 Å². The summed E-state index contributed by atoms with van der Waals surface area (Å²) in [7, 11) is 1.66. The predicted octanol–water partition coefficient (Wildman–Crippen LogP) is 2.82. The smallest absolute Gasteiger partial charge is 0.323 e. The molecule has 1 N–H and O–H groups in total. The molecule has 1 aromatic rings. The third-order valence-corrected chi connectivity index (χ3v) is 3.54. The second-order valence-electron chi connectivity index (χ2n) is 4.49. The maximum absolute atomic E-state index is 12.0. The molecule has 0 saturated heterocycles. The zero-order valence-electron chi connectivity index (χ0n) is 12.2. The molecule has 1 atom stereocenters. The number of anilines is 1. The molecule has 0 fully saturated rings. The van der Waals surface area contributed by atoms with Crippen LogP contribution in [0.25, 0.3) is 0 Å². The molecule has 0 aliphatic carbocycles. The normalized spacial score (nSPS) is 12.1. The van der Waals surface area contributed by atoms with Crippen molar-refractivity contribution in [2.45, 2.75) is 19.9 Å². The van der Waals surface area contributed by atoms with Gasteiger partial charge in [-0.15, -0.1) is 0 Å². The molecule has 0 aliphatic rings. The van der Waals surface area contributed by atoms with E-state index in [1.165, 1.54) is 0 Å². The van der Waals surface area contributed by atoms with Crippen LogP contribution in [0.15, 0.2) is 18.2 Å². The Morgan fingerprint density at radius 3 is 2.43 bits per heavy atom. The van der Waals surface area contributed by atoms with Gasteiger partial charge in [0.25, 0.3) is 0 Å².